The van der Waals surface area contributed by atoms with Crippen LogP contribution in [0, 0.1) is 12.8 Å². The number of carbonyl (C=O) groups is 1. The highest BCUT2D eigenvalue weighted by Crippen LogP contribution is 2.27. The first-order valence-corrected chi connectivity index (χ1v) is 8.60. The average Bonchev–Trinajstić information content (AvgIpc) is 3.11. The molecule has 0 spiro atoms. The molecule has 2 amide bonds. The van der Waals surface area contributed by atoms with E-state index in [2.05, 4.69) is 5.32 Å². The number of aliphatic hydroxyl groups excluding tert-OH is 1. The second-order valence-corrected chi connectivity index (χ2v) is 6.49. The molecular weight excluding hydrogens is 316 g/mol. The maximum Gasteiger partial charge on any atom is 0.321 e. The summed E-state index contributed by atoms with van der Waals surface area (Å²) in [5.41, 5.74) is 2.80. The van der Waals surface area contributed by atoms with Crippen molar-refractivity contribution in [1.29, 1.82) is 0 Å². The Balaban J connectivity index is 1.67. The van der Waals surface area contributed by atoms with Crippen molar-refractivity contribution in [1.82, 2.24) is 4.90 Å². The van der Waals surface area contributed by atoms with Gasteiger partial charge >= 0.3 is 6.03 Å². The summed E-state index contributed by atoms with van der Waals surface area (Å²) in [6.45, 7) is 3.81. The minimum absolute atomic E-state index is 0.125. The molecule has 1 fully saturated rings. The van der Waals surface area contributed by atoms with Gasteiger partial charge < -0.3 is 20.1 Å². The number of anilines is 1. The predicted molar refractivity (Wildman–Crippen MR) is 97.7 cm³/mol. The average molecular weight is 340 g/mol. The third-order valence-electron chi connectivity index (χ3n) is 4.45. The fourth-order valence-electron chi connectivity index (χ4n) is 2.96. The Bertz CT molecular complexity index is 718. The third kappa shape index (κ3) is 4.51. The number of urea groups is 1. The van der Waals surface area contributed by atoms with Crippen LogP contribution >= 0.6 is 0 Å². The number of carbonyl (C=O) groups excluding carboxylic acids is 1. The van der Waals surface area contributed by atoms with Gasteiger partial charge in [-0.25, -0.2) is 4.79 Å². The third-order valence-corrected chi connectivity index (χ3v) is 4.45. The van der Waals surface area contributed by atoms with Crippen LogP contribution in [-0.2, 0) is 6.61 Å². The lowest BCUT2D eigenvalue weighted by Crippen LogP contribution is -2.33. The van der Waals surface area contributed by atoms with Crippen molar-refractivity contribution < 1.29 is 14.6 Å². The van der Waals surface area contributed by atoms with Crippen LogP contribution in [0.1, 0.15) is 17.5 Å². The van der Waals surface area contributed by atoms with Crippen LogP contribution in [0.15, 0.2) is 48.5 Å². The van der Waals surface area contributed by atoms with Gasteiger partial charge in [0.1, 0.15) is 12.4 Å². The summed E-state index contributed by atoms with van der Waals surface area (Å²) in [5.74, 6) is 0.831. The molecule has 1 atom stereocenters. The van der Waals surface area contributed by atoms with Crippen LogP contribution < -0.4 is 10.1 Å². The Hall–Kier alpha value is -2.53. The topological polar surface area (TPSA) is 61.8 Å². The van der Waals surface area contributed by atoms with Crippen LogP contribution in [0.2, 0.25) is 0 Å². The van der Waals surface area contributed by atoms with Gasteiger partial charge in [-0.3, -0.25) is 0 Å². The highest BCUT2D eigenvalue weighted by molar-refractivity contribution is 5.91. The quantitative estimate of drug-likeness (QED) is 0.877. The van der Waals surface area contributed by atoms with Crippen molar-refractivity contribution in [3.05, 3.63) is 59.7 Å². The summed E-state index contributed by atoms with van der Waals surface area (Å²) in [6.07, 6.45) is 0.842. The minimum atomic E-state index is -0.147. The molecule has 1 heterocycles. The number of amides is 2. The van der Waals surface area contributed by atoms with E-state index in [0.29, 0.717) is 31.1 Å². The van der Waals surface area contributed by atoms with Gasteiger partial charge in [-0.2, -0.15) is 0 Å². The predicted octanol–water partition coefficient (Wildman–Crippen LogP) is 3.42. The first-order valence-electron chi connectivity index (χ1n) is 8.60. The second-order valence-electron chi connectivity index (χ2n) is 6.49. The molecule has 2 aromatic carbocycles. The van der Waals surface area contributed by atoms with E-state index in [-0.39, 0.29) is 18.6 Å². The Morgan fingerprint density at radius 3 is 2.80 bits per heavy atom. The summed E-state index contributed by atoms with van der Waals surface area (Å²) in [5, 5.41) is 12.2. The lowest BCUT2D eigenvalue weighted by Gasteiger charge is -2.19. The highest BCUT2D eigenvalue weighted by atomic mass is 16.5. The van der Waals surface area contributed by atoms with Gasteiger partial charge in [0.25, 0.3) is 0 Å². The van der Waals surface area contributed by atoms with E-state index in [1.807, 2.05) is 55.5 Å². The van der Waals surface area contributed by atoms with Crippen LogP contribution in [0.5, 0.6) is 5.75 Å². The summed E-state index contributed by atoms with van der Waals surface area (Å²) < 4.78 is 5.91. The molecule has 5 heteroatoms. The van der Waals surface area contributed by atoms with E-state index in [4.69, 9.17) is 4.74 Å². The second kappa shape index (κ2) is 8.03. The van der Waals surface area contributed by atoms with E-state index >= 15 is 0 Å². The number of hydrogen-bond donors (Lipinski definition) is 2. The number of nitrogens with zero attached hydrogens (tertiary/aromatic N) is 1. The molecule has 2 aromatic rings. The largest absolute Gasteiger partial charge is 0.487 e. The first kappa shape index (κ1) is 17.3. The zero-order valence-corrected chi connectivity index (χ0v) is 14.4. The van der Waals surface area contributed by atoms with Crippen LogP contribution in [0.4, 0.5) is 10.5 Å². The van der Waals surface area contributed by atoms with Crippen LogP contribution in [0.25, 0.3) is 0 Å². The Kier molecular flexibility index (Phi) is 5.56. The van der Waals surface area contributed by atoms with Crippen molar-refractivity contribution in [3.8, 4) is 5.75 Å². The molecule has 132 valence electrons. The van der Waals surface area contributed by atoms with Crippen molar-refractivity contribution in [2.75, 3.05) is 25.0 Å². The number of nitrogens with one attached hydrogen (secondary N) is 1. The molecule has 0 aliphatic carbocycles. The highest BCUT2D eigenvalue weighted by Gasteiger charge is 2.26. The molecule has 5 nitrogen and oxygen atoms in total. The lowest BCUT2D eigenvalue weighted by molar-refractivity contribution is 0.208. The monoisotopic (exact) mass is 340 g/mol. The van der Waals surface area contributed by atoms with E-state index in [0.717, 1.165) is 17.5 Å². The Morgan fingerprint density at radius 2 is 2.08 bits per heavy atom. The van der Waals surface area contributed by atoms with Gasteiger partial charge in [0.2, 0.25) is 0 Å². The number of likely N-dealkylation sites (tertiary alicyclic amines) is 1. The van der Waals surface area contributed by atoms with Gasteiger partial charge in [-0.1, -0.05) is 36.4 Å². The molecule has 0 unspecified atom stereocenters. The molecule has 0 bridgehead atoms. The number of benzene rings is 2. The first-order chi connectivity index (χ1) is 12.2. The fourth-order valence-corrected chi connectivity index (χ4v) is 2.96. The molecule has 3 rings (SSSR count). The molecule has 25 heavy (non-hydrogen) atoms. The van der Waals surface area contributed by atoms with E-state index in [1.165, 1.54) is 0 Å². The van der Waals surface area contributed by atoms with Crippen molar-refractivity contribution in [2.45, 2.75) is 20.0 Å². The number of aliphatic hydroxyl groups is 1. The SMILES string of the molecule is Cc1ccc(OCc2ccccc2)c(NC(=O)N2CC[C@@H](CO)C2)c1. The summed E-state index contributed by atoms with van der Waals surface area (Å²) in [6, 6.07) is 15.5. The maximum atomic E-state index is 12.5. The van der Waals surface area contributed by atoms with Crippen LogP contribution in [0.3, 0.4) is 0 Å². The Labute approximate surface area is 148 Å². The number of rotatable bonds is 5. The number of hydrogen-bond acceptors (Lipinski definition) is 3. The molecule has 0 saturated carbocycles. The van der Waals surface area contributed by atoms with Gasteiger partial charge in [-0.15, -0.1) is 0 Å². The van der Waals surface area contributed by atoms with E-state index in [9.17, 15) is 9.90 Å². The zero-order valence-electron chi connectivity index (χ0n) is 14.4. The minimum Gasteiger partial charge on any atom is -0.487 e. The molecule has 0 radical (unpaired) electrons. The normalized spacial score (nSPS) is 16.7. The number of aryl methyl sites for hydroxylation is 1. The molecule has 1 aliphatic rings. The molecule has 0 aromatic heterocycles. The van der Waals surface area contributed by atoms with Crippen molar-refractivity contribution in [3.63, 3.8) is 0 Å². The maximum absolute atomic E-state index is 12.5. The van der Waals surface area contributed by atoms with Crippen LogP contribution in [-0.4, -0.2) is 35.7 Å². The molecule has 1 saturated heterocycles. The summed E-state index contributed by atoms with van der Waals surface area (Å²) >= 11 is 0. The fraction of sp³-hybridized carbons (Fsp3) is 0.350. The summed E-state index contributed by atoms with van der Waals surface area (Å²) in [7, 11) is 0. The van der Waals surface area contributed by atoms with E-state index < -0.39 is 0 Å². The van der Waals surface area contributed by atoms with Crippen molar-refractivity contribution in [2.24, 2.45) is 5.92 Å². The van der Waals surface area contributed by atoms with Gasteiger partial charge in [-0.05, 0) is 36.6 Å². The molecule has 1 aliphatic heterocycles. The molecular formula is C20H24N2O3. The van der Waals surface area contributed by atoms with Gasteiger partial charge in [0.15, 0.2) is 0 Å². The number of ether oxygens (including phenoxy) is 1. The smallest absolute Gasteiger partial charge is 0.321 e. The molecule has 2 N–H and O–H groups in total. The summed E-state index contributed by atoms with van der Waals surface area (Å²) in [4.78, 5) is 14.2. The zero-order chi connectivity index (χ0) is 17.6. The van der Waals surface area contributed by atoms with Crippen molar-refractivity contribution >= 4 is 11.7 Å². The lowest BCUT2D eigenvalue weighted by atomic mass is 10.1. The van der Waals surface area contributed by atoms with Gasteiger partial charge in [0.05, 0.1) is 5.69 Å². The standard InChI is InChI=1S/C20H24N2O3/c1-15-7-8-19(25-14-16-5-3-2-4-6-16)18(11-15)21-20(24)22-10-9-17(12-22)13-23/h2-8,11,17,23H,9-10,12-14H2,1H3,(H,21,24)/t17-/m1/s1. The Morgan fingerprint density at radius 1 is 1.28 bits per heavy atom. The van der Waals surface area contributed by atoms with Gasteiger partial charge in [0, 0.05) is 25.6 Å². The van der Waals surface area contributed by atoms with E-state index in [1.54, 1.807) is 4.90 Å².